The second kappa shape index (κ2) is 9.63. The van der Waals surface area contributed by atoms with Gasteiger partial charge in [0.05, 0.1) is 0 Å². The van der Waals surface area contributed by atoms with Crippen LogP contribution in [0, 0.1) is 0 Å². The molecule has 1 aromatic heterocycles. The fourth-order valence-corrected chi connectivity index (χ4v) is 3.43. The SMILES string of the molecule is CN(Cc1ccc(Cl)cc1)c1cc(C(F)(F)F)nc(NCCN2CCCCC2)n1. The molecule has 2 heterocycles. The Labute approximate surface area is 173 Å². The van der Waals surface area contributed by atoms with Gasteiger partial charge >= 0.3 is 6.18 Å². The molecule has 1 aliphatic heterocycles. The van der Waals surface area contributed by atoms with Crippen molar-refractivity contribution in [2.45, 2.75) is 32.0 Å². The lowest BCUT2D eigenvalue weighted by molar-refractivity contribution is -0.141. The van der Waals surface area contributed by atoms with E-state index in [2.05, 4.69) is 20.2 Å². The summed E-state index contributed by atoms with van der Waals surface area (Å²) < 4.78 is 40.0. The van der Waals surface area contributed by atoms with E-state index in [1.54, 1.807) is 24.1 Å². The summed E-state index contributed by atoms with van der Waals surface area (Å²) in [5.41, 5.74) is -0.0328. The van der Waals surface area contributed by atoms with Crippen LogP contribution in [0.1, 0.15) is 30.5 Å². The zero-order chi connectivity index (χ0) is 20.9. The average Bonchev–Trinajstić information content (AvgIpc) is 2.69. The Morgan fingerprint density at radius 2 is 1.79 bits per heavy atom. The van der Waals surface area contributed by atoms with Gasteiger partial charge < -0.3 is 15.1 Å². The monoisotopic (exact) mass is 427 g/mol. The molecule has 3 rings (SSSR count). The summed E-state index contributed by atoms with van der Waals surface area (Å²) in [4.78, 5) is 11.9. The summed E-state index contributed by atoms with van der Waals surface area (Å²) in [6, 6.07) is 8.15. The van der Waals surface area contributed by atoms with Crippen molar-refractivity contribution >= 4 is 23.4 Å². The predicted molar refractivity (Wildman–Crippen MR) is 109 cm³/mol. The molecular formula is C20H25ClF3N5. The maximum absolute atomic E-state index is 13.3. The first-order valence-electron chi connectivity index (χ1n) is 9.69. The molecule has 29 heavy (non-hydrogen) atoms. The number of benzene rings is 1. The molecule has 1 N–H and O–H groups in total. The third-order valence-electron chi connectivity index (χ3n) is 4.89. The lowest BCUT2D eigenvalue weighted by atomic mass is 10.1. The Kier molecular flexibility index (Phi) is 7.18. The molecule has 0 unspecified atom stereocenters. The van der Waals surface area contributed by atoms with E-state index >= 15 is 0 Å². The standard InChI is InChI=1S/C20H25ClF3N5/c1-28(14-15-5-7-16(21)8-6-15)18-13-17(20(22,23)24)26-19(27-18)25-9-12-29-10-3-2-4-11-29/h5-8,13H,2-4,9-12,14H2,1H3,(H,25,26,27). The molecule has 0 aliphatic carbocycles. The molecule has 0 spiro atoms. The molecule has 0 amide bonds. The molecule has 9 heteroatoms. The molecule has 1 aliphatic rings. The highest BCUT2D eigenvalue weighted by Crippen LogP contribution is 2.30. The first-order valence-corrected chi connectivity index (χ1v) is 10.1. The van der Waals surface area contributed by atoms with Gasteiger partial charge in [-0.05, 0) is 43.6 Å². The summed E-state index contributed by atoms with van der Waals surface area (Å²) in [6.45, 7) is 3.72. The van der Waals surface area contributed by atoms with Gasteiger partial charge in [-0.3, -0.25) is 0 Å². The van der Waals surface area contributed by atoms with E-state index in [-0.39, 0.29) is 11.8 Å². The molecule has 5 nitrogen and oxygen atoms in total. The Bertz CT molecular complexity index is 792. The zero-order valence-corrected chi connectivity index (χ0v) is 17.1. The van der Waals surface area contributed by atoms with Crippen LogP contribution in [0.25, 0.3) is 0 Å². The minimum Gasteiger partial charge on any atom is -0.355 e. The number of hydrogen-bond acceptors (Lipinski definition) is 5. The van der Waals surface area contributed by atoms with Crippen LogP contribution in [-0.2, 0) is 12.7 Å². The van der Waals surface area contributed by atoms with E-state index in [0.717, 1.165) is 31.3 Å². The Hall–Kier alpha value is -2.06. The highest BCUT2D eigenvalue weighted by molar-refractivity contribution is 6.30. The van der Waals surface area contributed by atoms with Crippen LogP contribution in [0.2, 0.25) is 5.02 Å². The second-order valence-electron chi connectivity index (χ2n) is 7.24. The van der Waals surface area contributed by atoms with Crippen LogP contribution < -0.4 is 10.2 Å². The second-order valence-corrected chi connectivity index (χ2v) is 7.68. The van der Waals surface area contributed by atoms with Crippen molar-refractivity contribution in [2.75, 3.05) is 43.4 Å². The first-order chi connectivity index (χ1) is 13.8. The topological polar surface area (TPSA) is 44.3 Å². The number of alkyl halides is 3. The van der Waals surface area contributed by atoms with Crippen LogP contribution in [0.3, 0.4) is 0 Å². The Morgan fingerprint density at radius 1 is 1.10 bits per heavy atom. The van der Waals surface area contributed by atoms with E-state index in [1.807, 2.05) is 12.1 Å². The molecule has 0 radical (unpaired) electrons. The minimum absolute atomic E-state index is 0.00482. The maximum atomic E-state index is 13.3. The number of hydrogen-bond donors (Lipinski definition) is 1. The normalized spacial score (nSPS) is 15.3. The van der Waals surface area contributed by atoms with Gasteiger partial charge in [0.2, 0.25) is 5.95 Å². The fraction of sp³-hybridized carbons (Fsp3) is 0.500. The largest absolute Gasteiger partial charge is 0.433 e. The van der Waals surface area contributed by atoms with E-state index in [0.29, 0.717) is 18.1 Å². The van der Waals surface area contributed by atoms with Crippen molar-refractivity contribution in [2.24, 2.45) is 0 Å². The molecule has 2 aromatic rings. The lowest BCUT2D eigenvalue weighted by Crippen LogP contribution is -2.34. The van der Waals surface area contributed by atoms with E-state index < -0.39 is 11.9 Å². The van der Waals surface area contributed by atoms with Gasteiger partial charge in [0.1, 0.15) is 5.82 Å². The predicted octanol–water partition coefficient (Wildman–Crippen LogP) is 4.68. The molecule has 0 atom stereocenters. The van der Waals surface area contributed by atoms with Gasteiger partial charge in [-0.15, -0.1) is 0 Å². The summed E-state index contributed by atoms with van der Waals surface area (Å²) >= 11 is 5.89. The fourth-order valence-electron chi connectivity index (χ4n) is 3.31. The van der Waals surface area contributed by atoms with Crippen LogP contribution in [0.4, 0.5) is 24.9 Å². The molecule has 1 saturated heterocycles. The molecule has 1 fully saturated rings. The highest BCUT2D eigenvalue weighted by atomic mass is 35.5. The number of anilines is 2. The van der Waals surface area contributed by atoms with Gasteiger partial charge in [-0.1, -0.05) is 30.2 Å². The molecule has 1 aromatic carbocycles. The Morgan fingerprint density at radius 3 is 2.45 bits per heavy atom. The van der Waals surface area contributed by atoms with Gasteiger partial charge in [-0.25, -0.2) is 4.98 Å². The number of nitrogens with one attached hydrogen (secondary N) is 1. The van der Waals surface area contributed by atoms with Crippen LogP contribution in [0.5, 0.6) is 0 Å². The van der Waals surface area contributed by atoms with Crippen molar-refractivity contribution in [3.8, 4) is 0 Å². The number of rotatable bonds is 7. The van der Waals surface area contributed by atoms with Crippen molar-refractivity contribution in [1.29, 1.82) is 0 Å². The van der Waals surface area contributed by atoms with Crippen molar-refractivity contribution in [1.82, 2.24) is 14.9 Å². The maximum Gasteiger partial charge on any atom is 0.433 e. The highest BCUT2D eigenvalue weighted by Gasteiger charge is 2.34. The van der Waals surface area contributed by atoms with Crippen molar-refractivity contribution in [3.05, 3.63) is 46.6 Å². The molecule has 158 valence electrons. The Balaban J connectivity index is 1.71. The summed E-state index contributed by atoms with van der Waals surface area (Å²) in [6.07, 6.45) is -0.967. The quantitative estimate of drug-likeness (QED) is 0.694. The van der Waals surface area contributed by atoms with E-state index in [1.165, 1.54) is 19.3 Å². The third-order valence-corrected chi connectivity index (χ3v) is 5.14. The average molecular weight is 428 g/mol. The van der Waals surface area contributed by atoms with Crippen LogP contribution in [0.15, 0.2) is 30.3 Å². The number of piperidine rings is 1. The number of likely N-dealkylation sites (tertiary alicyclic amines) is 1. The molecule has 0 bridgehead atoms. The van der Waals surface area contributed by atoms with E-state index in [9.17, 15) is 13.2 Å². The summed E-state index contributed by atoms with van der Waals surface area (Å²) in [5, 5.41) is 3.57. The summed E-state index contributed by atoms with van der Waals surface area (Å²) in [7, 11) is 1.70. The minimum atomic E-state index is -4.54. The first kappa shape index (κ1) is 21.6. The zero-order valence-electron chi connectivity index (χ0n) is 16.3. The lowest BCUT2D eigenvalue weighted by Gasteiger charge is -2.26. The van der Waals surface area contributed by atoms with Crippen molar-refractivity contribution in [3.63, 3.8) is 0 Å². The molecular weight excluding hydrogens is 403 g/mol. The summed E-state index contributed by atoms with van der Waals surface area (Å²) in [5.74, 6) is 0.206. The van der Waals surface area contributed by atoms with Gasteiger partial charge in [-0.2, -0.15) is 18.2 Å². The third kappa shape index (κ3) is 6.47. The van der Waals surface area contributed by atoms with Crippen LogP contribution in [-0.4, -0.2) is 48.1 Å². The smallest absolute Gasteiger partial charge is 0.355 e. The van der Waals surface area contributed by atoms with E-state index in [4.69, 9.17) is 11.6 Å². The van der Waals surface area contributed by atoms with Gasteiger partial charge in [0, 0.05) is 37.8 Å². The molecule has 0 saturated carbocycles. The number of halogens is 4. The van der Waals surface area contributed by atoms with Gasteiger partial charge in [0.25, 0.3) is 0 Å². The number of aromatic nitrogens is 2. The van der Waals surface area contributed by atoms with Gasteiger partial charge in [0.15, 0.2) is 5.69 Å². The van der Waals surface area contributed by atoms with Crippen LogP contribution >= 0.6 is 11.6 Å². The number of nitrogens with zero attached hydrogens (tertiary/aromatic N) is 4. The van der Waals surface area contributed by atoms with Crippen molar-refractivity contribution < 1.29 is 13.2 Å².